The molecule has 2 rings (SSSR count). The van der Waals surface area contributed by atoms with Crippen LogP contribution in [0, 0.1) is 5.41 Å². The molecule has 0 saturated carbocycles. The first-order valence-electron chi connectivity index (χ1n) is 6.21. The number of carbonyl (C=O) groups excluding carboxylic acids is 1. The maximum absolute atomic E-state index is 11.9. The van der Waals surface area contributed by atoms with Crippen molar-refractivity contribution in [2.75, 3.05) is 0 Å². The van der Waals surface area contributed by atoms with E-state index in [0.29, 0.717) is 10.8 Å². The summed E-state index contributed by atoms with van der Waals surface area (Å²) in [5.74, 6) is 0.676. The number of nitrogens with zero attached hydrogens (tertiary/aromatic N) is 3. The third kappa shape index (κ3) is 3.81. The summed E-state index contributed by atoms with van der Waals surface area (Å²) in [6, 6.07) is 7.09. The van der Waals surface area contributed by atoms with E-state index in [-0.39, 0.29) is 18.3 Å². The molecular weight excluding hydrogens is 278 g/mol. The minimum absolute atomic E-state index is 0.0837. The Labute approximate surface area is 122 Å². The van der Waals surface area contributed by atoms with Gasteiger partial charge in [0, 0.05) is 10.4 Å². The Hall–Kier alpha value is -1.88. The number of aromatic nitrogens is 3. The second kappa shape index (κ2) is 5.63. The van der Waals surface area contributed by atoms with Crippen molar-refractivity contribution >= 4 is 17.4 Å². The molecule has 0 aliphatic heterocycles. The van der Waals surface area contributed by atoms with Crippen LogP contribution in [0.25, 0.3) is 0 Å². The van der Waals surface area contributed by atoms with Crippen molar-refractivity contribution in [3.05, 3.63) is 35.6 Å². The van der Waals surface area contributed by atoms with Gasteiger partial charge in [-0.05, 0) is 24.3 Å². The Bertz CT molecular complexity index is 600. The molecule has 1 aromatic heterocycles. The van der Waals surface area contributed by atoms with E-state index >= 15 is 0 Å². The van der Waals surface area contributed by atoms with E-state index in [1.54, 1.807) is 24.3 Å². The molecule has 0 spiro atoms. The number of hydrogen-bond donors (Lipinski definition) is 0. The fourth-order valence-electron chi connectivity index (χ4n) is 1.39. The zero-order valence-corrected chi connectivity index (χ0v) is 12.4. The third-order valence-electron chi connectivity index (χ3n) is 2.68. The van der Waals surface area contributed by atoms with Crippen molar-refractivity contribution in [2.24, 2.45) is 5.41 Å². The molecule has 0 radical (unpaired) electrons. The highest BCUT2D eigenvalue weighted by Gasteiger charge is 2.21. The van der Waals surface area contributed by atoms with Crippen LogP contribution in [0.3, 0.4) is 0 Å². The van der Waals surface area contributed by atoms with Crippen molar-refractivity contribution in [3.63, 3.8) is 0 Å². The molecule has 20 heavy (non-hydrogen) atoms. The van der Waals surface area contributed by atoms with Crippen LogP contribution < -0.4 is 4.74 Å². The monoisotopic (exact) mass is 293 g/mol. The Morgan fingerprint density at radius 2 is 1.95 bits per heavy atom. The number of rotatable bonds is 4. The molecule has 106 valence electrons. The maximum atomic E-state index is 11.9. The third-order valence-corrected chi connectivity index (χ3v) is 2.93. The number of hydrogen-bond acceptors (Lipinski definition) is 4. The second-order valence-corrected chi connectivity index (χ2v) is 5.89. The summed E-state index contributed by atoms with van der Waals surface area (Å²) in [6.45, 7) is 5.80. The van der Waals surface area contributed by atoms with Crippen LogP contribution in [0.5, 0.6) is 11.8 Å². The molecule has 5 nitrogen and oxygen atoms in total. The standard InChI is InChI=1S/C14H16ClN3O2/c1-14(2,3)12(19)8-18-9-16-13(17-18)20-11-6-4-10(15)5-7-11/h4-7,9H,8H2,1-3H3. The molecule has 0 aliphatic carbocycles. The molecule has 0 saturated heterocycles. The summed E-state index contributed by atoms with van der Waals surface area (Å²) >= 11 is 5.79. The van der Waals surface area contributed by atoms with Gasteiger partial charge in [-0.2, -0.15) is 4.98 Å². The van der Waals surface area contributed by atoms with Gasteiger partial charge in [-0.15, -0.1) is 5.10 Å². The van der Waals surface area contributed by atoms with Gasteiger partial charge < -0.3 is 4.74 Å². The normalized spacial score (nSPS) is 11.4. The number of ketones is 1. The first kappa shape index (κ1) is 14.5. The van der Waals surface area contributed by atoms with Crippen molar-refractivity contribution in [1.82, 2.24) is 14.8 Å². The smallest absolute Gasteiger partial charge is 0.341 e. The Morgan fingerprint density at radius 1 is 1.30 bits per heavy atom. The molecule has 0 bridgehead atoms. The Kier molecular flexibility index (Phi) is 4.09. The van der Waals surface area contributed by atoms with E-state index in [4.69, 9.17) is 16.3 Å². The average Bonchev–Trinajstić information content (AvgIpc) is 2.78. The van der Waals surface area contributed by atoms with E-state index < -0.39 is 5.41 Å². The van der Waals surface area contributed by atoms with Gasteiger partial charge >= 0.3 is 6.01 Å². The van der Waals surface area contributed by atoms with Gasteiger partial charge in [0.1, 0.15) is 18.6 Å². The predicted octanol–water partition coefficient (Wildman–Crippen LogP) is 3.34. The number of Topliss-reactive ketones (excluding diaryl/α,β-unsaturated/α-hetero) is 1. The lowest BCUT2D eigenvalue weighted by Gasteiger charge is -2.15. The molecule has 2 aromatic rings. The topological polar surface area (TPSA) is 57.0 Å². The van der Waals surface area contributed by atoms with Gasteiger partial charge in [0.15, 0.2) is 5.78 Å². The van der Waals surface area contributed by atoms with Gasteiger partial charge in [0.25, 0.3) is 0 Å². The maximum Gasteiger partial charge on any atom is 0.341 e. The minimum Gasteiger partial charge on any atom is -0.423 e. The van der Waals surface area contributed by atoms with Crippen LogP contribution in [0.15, 0.2) is 30.6 Å². The molecular formula is C14H16ClN3O2. The molecule has 6 heteroatoms. The molecule has 0 fully saturated rings. The van der Waals surface area contributed by atoms with Crippen LogP contribution in [0.2, 0.25) is 5.02 Å². The van der Waals surface area contributed by atoms with Crippen molar-refractivity contribution in [1.29, 1.82) is 0 Å². The van der Waals surface area contributed by atoms with Gasteiger partial charge in [-0.25, -0.2) is 4.68 Å². The summed E-state index contributed by atoms with van der Waals surface area (Å²) in [6.07, 6.45) is 1.48. The largest absolute Gasteiger partial charge is 0.423 e. The van der Waals surface area contributed by atoms with E-state index in [1.165, 1.54) is 11.0 Å². The summed E-state index contributed by atoms with van der Waals surface area (Å²) < 4.78 is 6.94. The fraction of sp³-hybridized carbons (Fsp3) is 0.357. The van der Waals surface area contributed by atoms with Gasteiger partial charge in [-0.1, -0.05) is 32.4 Å². The van der Waals surface area contributed by atoms with Crippen LogP contribution in [0.1, 0.15) is 20.8 Å². The minimum atomic E-state index is -0.400. The van der Waals surface area contributed by atoms with Gasteiger partial charge in [0.05, 0.1) is 0 Å². The molecule has 0 aliphatic rings. The lowest BCUT2D eigenvalue weighted by atomic mass is 9.91. The summed E-state index contributed by atoms with van der Waals surface area (Å²) in [5, 5.41) is 4.74. The molecule has 0 N–H and O–H groups in total. The van der Waals surface area contributed by atoms with Crippen LogP contribution in [-0.4, -0.2) is 20.5 Å². The number of halogens is 1. The first-order chi connectivity index (χ1) is 9.34. The highest BCUT2D eigenvalue weighted by atomic mass is 35.5. The molecule has 1 aromatic carbocycles. The molecule has 0 atom stereocenters. The van der Waals surface area contributed by atoms with Crippen molar-refractivity contribution in [3.8, 4) is 11.8 Å². The zero-order valence-electron chi connectivity index (χ0n) is 11.6. The van der Waals surface area contributed by atoms with Gasteiger partial charge in [-0.3, -0.25) is 4.79 Å². The Morgan fingerprint density at radius 3 is 2.55 bits per heavy atom. The molecule has 1 heterocycles. The quantitative estimate of drug-likeness (QED) is 0.867. The summed E-state index contributed by atoms with van der Waals surface area (Å²) in [4.78, 5) is 15.9. The predicted molar refractivity (Wildman–Crippen MR) is 76.0 cm³/mol. The Balaban J connectivity index is 2.02. The summed E-state index contributed by atoms with van der Waals surface area (Å²) in [7, 11) is 0. The average molecular weight is 294 g/mol. The fourth-order valence-corrected chi connectivity index (χ4v) is 1.52. The second-order valence-electron chi connectivity index (χ2n) is 5.45. The van der Waals surface area contributed by atoms with E-state index in [0.717, 1.165) is 0 Å². The molecule has 0 amide bonds. The molecule has 0 unspecified atom stereocenters. The van der Waals surface area contributed by atoms with Crippen molar-refractivity contribution in [2.45, 2.75) is 27.3 Å². The number of ether oxygens (including phenoxy) is 1. The van der Waals surface area contributed by atoms with Crippen LogP contribution in [0.4, 0.5) is 0 Å². The van der Waals surface area contributed by atoms with Crippen molar-refractivity contribution < 1.29 is 9.53 Å². The highest BCUT2D eigenvalue weighted by molar-refractivity contribution is 6.30. The highest BCUT2D eigenvalue weighted by Crippen LogP contribution is 2.20. The summed E-state index contributed by atoms with van der Waals surface area (Å²) in [5.41, 5.74) is -0.400. The lowest BCUT2D eigenvalue weighted by Crippen LogP contribution is -2.25. The van der Waals surface area contributed by atoms with E-state index in [2.05, 4.69) is 10.1 Å². The van der Waals surface area contributed by atoms with E-state index in [1.807, 2.05) is 20.8 Å². The first-order valence-corrected chi connectivity index (χ1v) is 6.58. The number of carbonyl (C=O) groups is 1. The van der Waals surface area contributed by atoms with E-state index in [9.17, 15) is 4.79 Å². The lowest BCUT2D eigenvalue weighted by molar-refractivity contribution is -0.127. The van der Waals surface area contributed by atoms with Crippen LogP contribution >= 0.6 is 11.6 Å². The SMILES string of the molecule is CC(C)(C)C(=O)Cn1cnc(Oc2ccc(Cl)cc2)n1. The van der Waals surface area contributed by atoms with Gasteiger partial charge in [0.2, 0.25) is 0 Å². The number of benzene rings is 1. The zero-order chi connectivity index (χ0) is 14.8. The van der Waals surface area contributed by atoms with Crippen LogP contribution in [-0.2, 0) is 11.3 Å².